The van der Waals surface area contributed by atoms with Crippen molar-refractivity contribution in [1.29, 1.82) is 0 Å². The van der Waals surface area contributed by atoms with E-state index in [-0.39, 0.29) is 0 Å². The van der Waals surface area contributed by atoms with E-state index in [1.165, 1.54) is 38.8 Å². The molecule has 1 heterocycles. The Labute approximate surface area is 94.2 Å². The summed E-state index contributed by atoms with van der Waals surface area (Å²) in [5.74, 6) is 0. The molecule has 15 heavy (non-hydrogen) atoms. The maximum Gasteiger partial charge on any atom is 0.0630 e. The zero-order valence-electron chi connectivity index (χ0n) is 10.3. The van der Waals surface area contributed by atoms with Gasteiger partial charge in [-0.25, -0.2) is 0 Å². The molecule has 90 valence electrons. The monoisotopic (exact) mass is 214 g/mol. The summed E-state index contributed by atoms with van der Waals surface area (Å²) in [4.78, 5) is 2.58. The van der Waals surface area contributed by atoms with E-state index in [1.807, 2.05) is 0 Å². The third-order valence-corrected chi connectivity index (χ3v) is 3.07. The fraction of sp³-hybridized carbons (Fsp3) is 1.00. The van der Waals surface area contributed by atoms with Crippen LogP contribution in [0.1, 0.15) is 32.6 Å². The Morgan fingerprint density at radius 1 is 1.27 bits per heavy atom. The van der Waals surface area contributed by atoms with Gasteiger partial charge in [0.25, 0.3) is 0 Å². The Bertz CT molecular complexity index is 147. The van der Waals surface area contributed by atoms with E-state index in [0.717, 1.165) is 19.7 Å². The van der Waals surface area contributed by atoms with Gasteiger partial charge in [-0.3, -0.25) is 4.90 Å². The highest BCUT2D eigenvalue weighted by Crippen LogP contribution is 2.12. The van der Waals surface area contributed by atoms with E-state index in [0.29, 0.717) is 6.04 Å². The second kappa shape index (κ2) is 8.08. The van der Waals surface area contributed by atoms with Gasteiger partial charge >= 0.3 is 0 Å². The lowest BCUT2D eigenvalue weighted by molar-refractivity contribution is 0.0766. The zero-order valence-corrected chi connectivity index (χ0v) is 10.3. The SMILES string of the molecule is CCCNCC(COC)N1CCCCC1. The number of hydrogen-bond donors (Lipinski definition) is 1. The van der Waals surface area contributed by atoms with E-state index in [9.17, 15) is 0 Å². The van der Waals surface area contributed by atoms with E-state index in [2.05, 4.69) is 17.1 Å². The zero-order chi connectivity index (χ0) is 10.9. The van der Waals surface area contributed by atoms with E-state index in [1.54, 1.807) is 7.11 Å². The molecule has 1 fully saturated rings. The van der Waals surface area contributed by atoms with Crippen molar-refractivity contribution in [2.24, 2.45) is 0 Å². The molecule has 1 aliphatic heterocycles. The number of ether oxygens (including phenoxy) is 1. The third-order valence-electron chi connectivity index (χ3n) is 3.07. The van der Waals surface area contributed by atoms with Gasteiger partial charge in [0.15, 0.2) is 0 Å². The Morgan fingerprint density at radius 2 is 2.00 bits per heavy atom. The quantitative estimate of drug-likeness (QED) is 0.650. The number of rotatable bonds is 7. The fourth-order valence-electron chi connectivity index (χ4n) is 2.21. The Balaban J connectivity index is 2.26. The summed E-state index contributed by atoms with van der Waals surface area (Å²) in [6.07, 6.45) is 5.32. The van der Waals surface area contributed by atoms with Crippen molar-refractivity contribution in [3.63, 3.8) is 0 Å². The second-order valence-corrected chi connectivity index (χ2v) is 4.41. The molecule has 0 radical (unpaired) electrons. The van der Waals surface area contributed by atoms with Crippen LogP contribution >= 0.6 is 0 Å². The van der Waals surface area contributed by atoms with E-state index in [4.69, 9.17) is 4.74 Å². The van der Waals surface area contributed by atoms with Crippen molar-refractivity contribution in [3.8, 4) is 0 Å². The van der Waals surface area contributed by atoms with Gasteiger partial charge in [-0.15, -0.1) is 0 Å². The van der Waals surface area contributed by atoms with Crippen molar-refractivity contribution in [2.75, 3.05) is 39.9 Å². The molecule has 1 unspecified atom stereocenters. The highest BCUT2D eigenvalue weighted by atomic mass is 16.5. The maximum absolute atomic E-state index is 5.31. The van der Waals surface area contributed by atoms with Gasteiger partial charge in [-0.2, -0.15) is 0 Å². The minimum absolute atomic E-state index is 0.571. The molecule has 0 spiro atoms. The first-order valence-electron chi connectivity index (χ1n) is 6.32. The van der Waals surface area contributed by atoms with Gasteiger partial charge in [0, 0.05) is 19.7 Å². The number of nitrogens with zero attached hydrogens (tertiary/aromatic N) is 1. The van der Waals surface area contributed by atoms with E-state index < -0.39 is 0 Å². The van der Waals surface area contributed by atoms with Gasteiger partial charge in [0.2, 0.25) is 0 Å². The highest BCUT2D eigenvalue weighted by Gasteiger charge is 2.19. The minimum atomic E-state index is 0.571. The molecule has 1 atom stereocenters. The van der Waals surface area contributed by atoms with Crippen LogP contribution in [0.4, 0.5) is 0 Å². The van der Waals surface area contributed by atoms with Crippen LogP contribution in [0, 0.1) is 0 Å². The first kappa shape index (κ1) is 12.9. The van der Waals surface area contributed by atoms with Crippen LogP contribution < -0.4 is 5.32 Å². The smallest absolute Gasteiger partial charge is 0.0630 e. The first-order valence-corrected chi connectivity index (χ1v) is 6.32. The lowest BCUT2D eigenvalue weighted by Gasteiger charge is -2.34. The molecule has 0 aliphatic carbocycles. The molecule has 1 aliphatic rings. The lowest BCUT2D eigenvalue weighted by Crippen LogP contribution is -2.47. The number of methoxy groups -OCH3 is 1. The number of hydrogen-bond acceptors (Lipinski definition) is 3. The van der Waals surface area contributed by atoms with Crippen LogP contribution in [-0.2, 0) is 4.74 Å². The van der Waals surface area contributed by atoms with Gasteiger partial charge in [-0.05, 0) is 38.9 Å². The summed E-state index contributed by atoms with van der Waals surface area (Å²) in [5.41, 5.74) is 0. The average Bonchev–Trinajstić information content (AvgIpc) is 2.29. The topological polar surface area (TPSA) is 24.5 Å². The standard InChI is InChI=1S/C12H26N2O/c1-3-7-13-10-12(11-15-2)14-8-5-4-6-9-14/h12-13H,3-11H2,1-2H3. The average molecular weight is 214 g/mol. The van der Waals surface area contributed by atoms with Crippen LogP contribution in [0.3, 0.4) is 0 Å². The third kappa shape index (κ3) is 4.96. The molecule has 0 aromatic carbocycles. The Kier molecular flexibility index (Phi) is 6.98. The molecular formula is C12H26N2O. The Hall–Kier alpha value is -0.120. The second-order valence-electron chi connectivity index (χ2n) is 4.41. The molecule has 0 saturated carbocycles. The van der Waals surface area contributed by atoms with Gasteiger partial charge in [-0.1, -0.05) is 13.3 Å². The predicted octanol–water partition coefficient (Wildman–Crippen LogP) is 1.49. The molecule has 0 aromatic heterocycles. The van der Waals surface area contributed by atoms with Crippen LogP contribution in [0.2, 0.25) is 0 Å². The number of piperidine rings is 1. The molecule has 0 aromatic rings. The molecule has 1 rings (SSSR count). The van der Waals surface area contributed by atoms with Crippen LogP contribution in [-0.4, -0.2) is 50.8 Å². The van der Waals surface area contributed by atoms with Crippen molar-refractivity contribution in [1.82, 2.24) is 10.2 Å². The van der Waals surface area contributed by atoms with Crippen LogP contribution in [0.5, 0.6) is 0 Å². The van der Waals surface area contributed by atoms with Crippen molar-refractivity contribution >= 4 is 0 Å². The van der Waals surface area contributed by atoms with Gasteiger partial charge in [0.05, 0.1) is 6.61 Å². The summed E-state index contributed by atoms with van der Waals surface area (Å²) >= 11 is 0. The number of nitrogens with one attached hydrogen (secondary N) is 1. The van der Waals surface area contributed by atoms with Crippen molar-refractivity contribution in [3.05, 3.63) is 0 Å². The summed E-state index contributed by atoms with van der Waals surface area (Å²) in [6, 6.07) is 0.571. The molecular weight excluding hydrogens is 188 g/mol. The molecule has 3 heteroatoms. The largest absolute Gasteiger partial charge is 0.383 e. The maximum atomic E-state index is 5.31. The molecule has 0 bridgehead atoms. The van der Waals surface area contributed by atoms with E-state index >= 15 is 0 Å². The molecule has 1 N–H and O–H groups in total. The summed E-state index contributed by atoms with van der Waals surface area (Å²) in [7, 11) is 1.80. The summed E-state index contributed by atoms with van der Waals surface area (Å²) in [5, 5.41) is 3.50. The Morgan fingerprint density at radius 3 is 2.60 bits per heavy atom. The molecule has 0 amide bonds. The lowest BCUT2D eigenvalue weighted by atomic mass is 10.1. The summed E-state index contributed by atoms with van der Waals surface area (Å²) < 4.78 is 5.31. The fourth-order valence-corrected chi connectivity index (χ4v) is 2.21. The molecule has 3 nitrogen and oxygen atoms in total. The van der Waals surface area contributed by atoms with Crippen molar-refractivity contribution in [2.45, 2.75) is 38.6 Å². The van der Waals surface area contributed by atoms with Gasteiger partial charge in [0.1, 0.15) is 0 Å². The number of likely N-dealkylation sites (tertiary alicyclic amines) is 1. The van der Waals surface area contributed by atoms with Gasteiger partial charge < -0.3 is 10.1 Å². The minimum Gasteiger partial charge on any atom is -0.383 e. The normalized spacial score (nSPS) is 20.4. The van der Waals surface area contributed by atoms with Crippen molar-refractivity contribution < 1.29 is 4.74 Å². The first-order chi connectivity index (χ1) is 7.38. The highest BCUT2D eigenvalue weighted by molar-refractivity contribution is 4.76. The van der Waals surface area contributed by atoms with Crippen LogP contribution in [0.25, 0.3) is 0 Å². The summed E-state index contributed by atoms with van der Waals surface area (Å²) in [6.45, 7) is 7.76. The van der Waals surface area contributed by atoms with Crippen LogP contribution in [0.15, 0.2) is 0 Å². The predicted molar refractivity (Wildman–Crippen MR) is 64.2 cm³/mol. The molecule has 1 saturated heterocycles.